The molecule has 0 saturated carbocycles. The molecular formula is C11H20N2O4. The zero-order valence-corrected chi connectivity index (χ0v) is 9.93. The largest absolute Gasteiger partial charge is 0.443 e. The van der Waals surface area contributed by atoms with Crippen molar-refractivity contribution >= 4 is 6.09 Å². The highest BCUT2D eigenvalue weighted by Gasteiger charge is 2.27. The van der Waals surface area contributed by atoms with E-state index >= 15 is 0 Å². The fraction of sp³-hybridized carbons (Fsp3) is 0.909. The van der Waals surface area contributed by atoms with Gasteiger partial charge < -0.3 is 19.9 Å². The van der Waals surface area contributed by atoms with Crippen molar-refractivity contribution in [2.24, 2.45) is 0 Å². The van der Waals surface area contributed by atoms with Crippen molar-refractivity contribution in [3.05, 3.63) is 0 Å². The molecule has 2 saturated heterocycles. The first-order valence-corrected chi connectivity index (χ1v) is 6.17. The summed E-state index contributed by atoms with van der Waals surface area (Å²) in [6, 6.07) is 0. The molecule has 0 aromatic carbocycles. The van der Waals surface area contributed by atoms with Crippen molar-refractivity contribution in [1.82, 2.24) is 10.2 Å². The summed E-state index contributed by atoms with van der Waals surface area (Å²) >= 11 is 0. The van der Waals surface area contributed by atoms with Crippen LogP contribution in [0.3, 0.4) is 0 Å². The Labute approximate surface area is 101 Å². The Balaban J connectivity index is 1.63. The molecule has 0 bridgehead atoms. The van der Waals surface area contributed by atoms with Gasteiger partial charge in [-0.05, 0) is 12.8 Å². The molecule has 17 heavy (non-hydrogen) atoms. The summed E-state index contributed by atoms with van der Waals surface area (Å²) in [5, 5.41) is 11.3. The van der Waals surface area contributed by atoms with Crippen molar-refractivity contribution in [2.75, 3.05) is 39.4 Å². The van der Waals surface area contributed by atoms with Crippen molar-refractivity contribution in [3.8, 4) is 0 Å². The lowest BCUT2D eigenvalue weighted by molar-refractivity contribution is -0.0132. The van der Waals surface area contributed by atoms with Crippen molar-refractivity contribution in [3.63, 3.8) is 0 Å². The van der Waals surface area contributed by atoms with Gasteiger partial charge in [0.1, 0.15) is 6.10 Å². The van der Waals surface area contributed by atoms with Crippen molar-refractivity contribution in [1.29, 1.82) is 0 Å². The number of hydrogen-bond donors (Lipinski definition) is 2. The van der Waals surface area contributed by atoms with Gasteiger partial charge in [0.2, 0.25) is 0 Å². The maximum Gasteiger partial charge on any atom is 0.407 e. The molecule has 0 radical (unpaired) electrons. The van der Waals surface area contributed by atoms with Crippen LogP contribution in [0.4, 0.5) is 4.79 Å². The van der Waals surface area contributed by atoms with E-state index in [1.165, 1.54) is 0 Å². The topological polar surface area (TPSA) is 71.0 Å². The molecule has 0 aliphatic carbocycles. The van der Waals surface area contributed by atoms with Gasteiger partial charge in [-0.2, -0.15) is 0 Å². The Morgan fingerprint density at radius 3 is 2.82 bits per heavy atom. The highest BCUT2D eigenvalue weighted by atomic mass is 16.6. The number of carbonyl (C=O) groups excluding carboxylic acids is 1. The number of rotatable bonds is 5. The molecule has 0 aromatic heterocycles. The minimum absolute atomic E-state index is 0.0163. The molecule has 2 fully saturated rings. The van der Waals surface area contributed by atoms with E-state index in [0.717, 1.165) is 32.5 Å². The van der Waals surface area contributed by atoms with Crippen LogP contribution in [0.1, 0.15) is 12.8 Å². The number of ether oxygens (including phenoxy) is 2. The molecule has 2 rings (SSSR count). The van der Waals surface area contributed by atoms with Gasteiger partial charge in [0.25, 0.3) is 0 Å². The Hall–Kier alpha value is -0.850. The third kappa shape index (κ3) is 3.83. The minimum atomic E-state index is -0.309. The van der Waals surface area contributed by atoms with Crippen LogP contribution in [-0.4, -0.2) is 67.7 Å². The smallest absolute Gasteiger partial charge is 0.407 e. The van der Waals surface area contributed by atoms with Gasteiger partial charge >= 0.3 is 6.09 Å². The molecule has 1 atom stereocenters. The van der Waals surface area contributed by atoms with Crippen LogP contribution >= 0.6 is 0 Å². The second-order valence-corrected chi connectivity index (χ2v) is 4.50. The van der Waals surface area contributed by atoms with Gasteiger partial charge in [-0.25, -0.2) is 4.79 Å². The maximum atomic E-state index is 10.9. The second kappa shape index (κ2) is 6.18. The van der Waals surface area contributed by atoms with E-state index in [-0.39, 0.29) is 24.9 Å². The van der Waals surface area contributed by atoms with Crippen molar-refractivity contribution in [2.45, 2.75) is 25.0 Å². The summed E-state index contributed by atoms with van der Waals surface area (Å²) in [7, 11) is 0. The van der Waals surface area contributed by atoms with Gasteiger partial charge in [0.15, 0.2) is 0 Å². The number of likely N-dealkylation sites (tertiary alicyclic amines) is 1. The molecule has 1 amide bonds. The fourth-order valence-corrected chi connectivity index (χ4v) is 2.30. The summed E-state index contributed by atoms with van der Waals surface area (Å²) in [5.74, 6) is 0. The number of aliphatic hydroxyl groups excluding tert-OH is 1. The summed E-state index contributed by atoms with van der Waals surface area (Å²) < 4.78 is 10.6. The lowest BCUT2D eigenvalue weighted by Gasteiger charge is -2.32. The summed E-state index contributed by atoms with van der Waals surface area (Å²) in [4.78, 5) is 13.2. The average molecular weight is 244 g/mol. The molecule has 2 aliphatic heterocycles. The average Bonchev–Trinajstić information content (AvgIpc) is 2.74. The number of piperidine rings is 1. The Morgan fingerprint density at radius 2 is 2.24 bits per heavy atom. The van der Waals surface area contributed by atoms with E-state index in [0.29, 0.717) is 13.2 Å². The van der Waals surface area contributed by atoms with Crippen LogP contribution in [0.2, 0.25) is 0 Å². The highest BCUT2D eigenvalue weighted by Crippen LogP contribution is 2.15. The summed E-state index contributed by atoms with van der Waals surface area (Å²) in [6.07, 6.45) is 1.90. The Morgan fingerprint density at radius 1 is 1.47 bits per heavy atom. The molecule has 6 heteroatoms. The van der Waals surface area contributed by atoms with Crippen LogP contribution in [0, 0.1) is 0 Å². The Kier molecular flexibility index (Phi) is 4.58. The fourth-order valence-electron chi connectivity index (χ4n) is 2.30. The standard InChI is InChI=1S/C11H20N2O4/c14-5-6-16-9-1-3-13(4-2-9)8-10-7-12-11(15)17-10/h9-10,14H,1-8H2,(H,12,15). The summed E-state index contributed by atoms with van der Waals surface area (Å²) in [5.41, 5.74) is 0. The van der Waals surface area contributed by atoms with E-state index < -0.39 is 0 Å². The molecule has 98 valence electrons. The van der Waals surface area contributed by atoms with Crippen LogP contribution < -0.4 is 5.32 Å². The maximum absolute atomic E-state index is 10.9. The lowest BCUT2D eigenvalue weighted by atomic mass is 10.1. The molecular weight excluding hydrogens is 224 g/mol. The molecule has 2 aliphatic rings. The van der Waals surface area contributed by atoms with E-state index in [1.54, 1.807) is 0 Å². The first kappa shape index (κ1) is 12.6. The van der Waals surface area contributed by atoms with Crippen LogP contribution in [0.25, 0.3) is 0 Å². The third-order valence-corrected chi connectivity index (χ3v) is 3.19. The number of aliphatic hydroxyl groups is 1. The van der Waals surface area contributed by atoms with E-state index in [9.17, 15) is 4.79 Å². The van der Waals surface area contributed by atoms with Gasteiger partial charge in [-0.1, -0.05) is 0 Å². The first-order valence-electron chi connectivity index (χ1n) is 6.17. The zero-order valence-electron chi connectivity index (χ0n) is 9.93. The van der Waals surface area contributed by atoms with E-state index in [1.807, 2.05) is 0 Å². The Bertz CT molecular complexity index is 254. The third-order valence-electron chi connectivity index (χ3n) is 3.19. The second-order valence-electron chi connectivity index (χ2n) is 4.50. The first-order chi connectivity index (χ1) is 8.28. The normalized spacial score (nSPS) is 26.9. The molecule has 1 unspecified atom stereocenters. The number of cyclic esters (lactones) is 1. The number of carbonyl (C=O) groups is 1. The van der Waals surface area contributed by atoms with Crippen LogP contribution in [0.15, 0.2) is 0 Å². The number of nitrogens with zero attached hydrogens (tertiary/aromatic N) is 1. The molecule has 2 heterocycles. The molecule has 2 N–H and O–H groups in total. The van der Waals surface area contributed by atoms with Crippen LogP contribution in [0.5, 0.6) is 0 Å². The van der Waals surface area contributed by atoms with Gasteiger partial charge in [0, 0.05) is 19.6 Å². The van der Waals surface area contributed by atoms with Gasteiger partial charge in [0.05, 0.1) is 25.9 Å². The van der Waals surface area contributed by atoms with Crippen molar-refractivity contribution < 1.29 is 19.4 Å². The predicted octanol–water partition coefficient (Wildman–Crippen LogP) is -0.432. The predicted molar refractivity (Wildman–Crippen MR) is 60.8 cm³/mol. The minimum Gasteiger partial charge on any atom is -0.443 e. The number of amides is 1. The van der Waals surface area contributed by atoms with Gasteiger partial charge in [-0.15, -0.1) is 0 Å². The van der Waals surface area contributed by atoms with E-state index in [2.05, 4.69) is 10.2 Å². The molecule has 0 aromatic rings. The van der Waals surface area contributed by atoms with Gasteiger partial charge in [-0.3, -0.25) is 4.90 Å². The van der Waals surface area contributed by atoms with E-state index in [4.69, 9.17) is 14.6 Å². The molecule has 6 nitrogen and oxygen atoms in total. The highest BCUT2D eigenvalue weighted by molar-refractivity contribution is 5.69. The lowest BCUT2D eigenvalue weighted by Crippen LogP contribution is -2.42. The van der Waals surface area contributed by atoms with Crippen LogP contribution in [-0.2, 0) is 9.47 Å². The quantitative estimate of drug-likeness (QED) is 0.686. The number of alkyl carbamates (subject to hydrolysis) is 1. The zero-order chi connectivity index (χ0) is 12.1. The molecule has 0 spiro atoms. The number of hydrogen-bond acceptors (Lipinski definition) is 5. The SMILES string of the molecule is O=C1NCC(CN2CCC(OCCO)CC2)O1. The number of nitrogens with one attached hydrogen (secondary N) is 1. The summed E-state index contributed by atoms with van der Waals surface area (Å²) in [6.45, 7) is 3.85. The monoisotopic (exact) mass is 244 g/mol.